The van der Waals surface area contributed by atoms with Crippen LogP contribution in [0.15, 0.2) is 53.2 Å². The predicted octanol–water partition coefficient (Wildman–Crippen LogP) is 3.33. The Hall–Kier alpha value is -2.70. The Morgan fingerprint density at radius 2 is 1.75 bits per heavy atom. The van der Waals surface area contributed by atoms with E-state index in [0.717, 1.165) is 0 Å². The van der Waals surface area contributed by atoms with Crippen molar-refractivity contribution < 1.29 is 14.7 Å². The van der Waals surface area contributed by atoms with Crippen LogP contribution in [0, 0.1) is 11.3 Å². The molecule has 9 heteroatoms. The van der Waals surface area contributed by atoms with Crippen molar-refractivity contribution in [2.75, 3.05) is 11.9 Å². The highest BCUT2D eigenvalue weighted by molar-refractivity contribution is 7.11. The monoisotopic (exact) mass is 431 g/mol. The molecule has 0 unspecified atom stereocenters. The van der Waals surface area contributed by atoms with Gasteiger partial charge in [-0.05, 0) is 41.1 Å². The summed E-state index contributed by atoms with van der Waals surface area (Å²) in [6, 6.07) is 13.4. The van der Waals surface area contributed by atoms with Gasteiger partial charge in [-0.25, -0.2) is 0 Å². The van der Waals surface area contributed by atoms with Crippen molar-refractivity contribution in [3.8, 4) is 6.07 Å². The first-order chi connectivity index (χ1) is 13.4. The summed E-state index contributed by atoms with van der Waals surface area (Å²) in [5.74, 6) is -1.89. The average Bonchev–Trinajstić information content (AvgIpc) is 3.40. The lowest BCUT2D eigenvalue weighted by molar-refractivity contribution is -0.136. The topological polar surface area (TPSA) is 102 Å². The molecule has 0 saturated heterocycles. The molecule has 0 aliphatic carbocycles. The van der Waals surface area contributed by atoms with Gasteiger partial charge in [0.25, 0.3) is 0 Å². The lowest BCUT2D eigenvalue weighted by Crippen LogP contribution is -2.44. The van der Waals surface area contributed by atoms with Crippen molar-refractivity contribution >= 4 is 51.8 Å². The molecular formula is C19H14ClN3O3S2. The average molecular weight is 432 g/mol. The number of benzene rings is 1. The standard InChI is InChI=1S/C19H14ClN3O3S2/c20-13-6-5-12(10-21)14(9-13)23-18(25)17(24)22-11-19(26,15-3-1-7-27-15)16-4-2-8-28-16/h1-9,26H,11H2,(H,22,24)(H,23,25). The zero-order valence-electron chi connectivity index (χ0n) is 14.3. The molecule has 28 heavy (non-hydrogen) atoms. The predicted molar refractivity (Wildman–Crippen MR) is 109 cm³/mol. The molecule has 0 bridgehead atoms. The third-order valence-corrected chi connectivity index (χ3v) is 6.20. The number of nitrogens with one attached hydrogen (secondary N) is 2. The van der Waals surface area contributed by atoms with Gasteiger partial charge in [-0.3, -0.25) is 9.59 Å². The second-order valence-electron chi connectivity index (χ2n) is 5.75. The number of halogens is 1. The Kier molecular flexibility index (Phi) is 6.11. The van der Waals surface area contributed by atoms with Gasteiger partial charge in [0.1, 0.15) is 11.7 Å². The number of carbonyl (C=O) groups excluding carboxylic acids is 2. The van der Waals surface area contributed by atoms with Crippen molar-refractivity contribution in [3.05, 3.63) is 73.6 Å². The van der Waals surface area contributed by atoms with Crippen LogP contribution in [-0.4, -0.2) is 23.5 Å². The first-order valence-corrected chi connectivity index (χ1v) is 10.2. The first-order valence-electron chi connectivity index (χ1n) is 8.03. The highest BCUT2D eigenvalue weighted by atomic mass is 35.5. The maximum absolute atomic E-state index is 12.3. The summed E-state index contributed by atoms with van der Waals surface area (Å²) in [6.45, 7) is -0.180. The number of hydrogen-bond donors (Lipinski definition) is 3. The van der Waals surface area contributed by atoms with Gasteiger partial charge < -0.3 is 15.7 Å². The smallest absolute Gasteiger partial charge is 0.313 e. The molecule has 0 aliphatic rings. The quantitative estimate of drug-likeness (QED) is 0.539. The van der Waals surface area contributed by atoms with E-state index < -0.39 is 17.4 Å². The van der Waals surface area contributed by atoms with Crippen LogP contribution in [0.2, 0.25) is 5.02 Å². The van der Waals surface area contributed by atoms with Crippen LogP contribution in [0.5, 0.6) is 0 Å². The van der Waals surface area contributed by atoms with Crippen LogP contribution >= 0.6 is 34.3 Å². The Labute approximate surface area is 174 Å². The highest BCUT2D eigenvalue weighted by Crippen LogP contribution is 2.35. The third kappa shape index (κ3) is 4.24. The van der Waals surface area contributed by atoms with E-state index in [9.17, 15) is 14.7 Å². The lowest BCUT2D eigenvalue weighted by atomic mass is 10.00. The van der Waals surface area contributed by atoms with E-state index in [4.69, 9.17) is 16.9 Å². The Morgan fingerprint density at radius 1 is 1.11 bits per heavy atom. The largest absolute Gasteiger partial charge is 0.377 e. The summed E-state index contributed by atoms with van der Waals surface area (Å²) < 4.78 is 0. The Bertz CT molecular complexity index is 993. The van der Waals surface area contributed by atoms with Gasteiger partial charge in [-0.2, -0.15) is 5.26 Å². The van der Waals surface area contributed by atoms with Crippen LogP contribution in [-0.2, 0) is 15.2 Å². The Balaban J connectivity index is 1.73. The summed E-state index contributed by atoms with van der Waals surface area (Å²) in [5, 5.41) is 29.1. The van der Waals surface area contributed by atoms with Crippen LogP contribution in [0.1, 0.15) is 15.3 Å². The van der Waals surface area contributed by atoms with Gasteiger partial charge in [-0.1, -0.05) is 23.7 Å². The minimum Gasteiger partial charge on any atom is -0.377 e. The number of anilines is 1. The number of nitriles is 1. The van der Waals surface area contributed by atoms with E-state index in [1.165, 1.54) is 40.9 Å². The van der Waals surface area contributed by atoms with Crippen LogP contribution in [0.4, 0.5) is 5.69 Å². The molecule has 0 aliphatic heterocycles. The van der Waals surface area contributed by atoms with Gasteiger partial charge in [0.05, 0.1) is 17.8 Å². The minimum absolute atomic E-state index is 0.141. The van der Waals surface area contributed by atoms with Crippen molar-refractivity contribution in [3.63, 3.8) is 0 Å². The number of rotatable bonds is 5. The SMILES string of the molecule is N#Cc1ccc(Cl)cc1NC(=O)C(=O)NCC(O)(c1cccs1)c1cccs1. The maximum Gasteiger partial charge on any atom is 0.313 e. The molecule has 3 N–H and O–H groups in total. The van der Waals surface area contributed by atoms with Crippen LogP contribution in [0.25, 0.3) is 0 Å². The zero-order chi connectivity index (χ0) is 20.1. The van der Waals surface area contributed by atoms with Gasteiger partial charge in [-0.15, -0.1) is 22.7 Å². The fourth-order valence-corrected chi connectivity index (χ4v) is 4.42. The van der Waals surface area contributed by atoms with E-state index in [1.807, 2.05) is 16.8 Å². The molecule has 6 nitrogen and oxygen atoms in total. The molecule has 0 saturated carbocycles. The summed E-state index contributed by atoms with van der Waals surface area (Å²) in [6.07, 6.45) is 0. The number of carbonyl (C=O) groups is 2. The second kappa shape index (κ2) is 8.54. The summed E-state index contributed by atoms with van der Waals surface area (Å²) >= 11 is 8.58. The molecule has 0 atom stereocenters. The van der Waals surface area contributed by atoms with E-state index in [2.05, 4.69) is 10.6 Å². The zero-order valence-corrected chi connectivity index (χ0v) is 16.7. The van der Waals surface area contributed by atoms with Crippen molar-refractivity contribution in [2.24, 2.45) is 0 Å². The van der Waals surface area contributed by atoms with Crippen LogP contribution < -0.4 is 10.6 Å². The van der Waals surface area contributed by atoms with Crippen molar-refractivity contribution in [1.82, 2.24) is 5.32 Å². The van der Waals surface area contributed by atoms with E-state index in [1.54, 1.807) is 24.3 Å². The van der Waals surface area contributed by atoms with Crippen molar-refractivity contribution in [2.45, 2.75) is 5.60 Å². The van der Waals surface area contributed by atoms with Gasteiger partial charge >= 0.3 is 11.8 Å². The fraction of sp³-hybridized carbons (Fsp3) is 0.105. The number of hydrogen-bond acceptors (Lipinski definition) is 6. The van der Waals surface area contributed by atoms with Gasteiger partial charge in [0.15, 0.2) is 0 Å². The molecule has 3 rings (SSSR count). The molecule has 1 aromatic carbocycles. The van der Waals surface area contributed by atoms with E-state index in [-0.39, 0.29) is 17.8 Å². The Morgan fingerprint density at radius 3 is 2.29 bits per heavy atom. The third-order valence-electron chi connectivity index (χ3n) is 3.92. The van der Waals surface area contributed by atoms with Crippen molar-refractivity contribution in [1.29, 1.82) is 5.26 Å². The van der Waals surface area contributed by atoms with Gasteiger partial charge in [0, 0.05) is 14.8 Å². The molecule has 2 amide bonds. The van der Waals surface area contributed by atoms with E-state index in [0.29, 0.717) is 14.8 Å². The summed E-state index contributed by atoms with van der Waals surface area (Å²) in [4.78, 5) is 25.8. The molecule has 3 aromatic rings. The second-order valence-corrected chi connectivity index (χ2v) is 8.09. The molecular weight excluding hydrogens is 418 g/mol. The van der Waals surface area contributed by atoms with Crippen LogP contribution in [0.3, 0.4) is 0 Å². The molecule has 0 radical (unpaired) electrons. The molecule has 0 fully saturated rings. The molecule has 2 aromatic heterocycles. The highest BCUT2D eigenvalue weighted by Gasteiger charge is 2.35. The summed E-state index contributed by atoms with van der Waals surface area (Å²) in [5.41, 5.74) is -1.12. The normalized spacial score (nSPS) is 10.9. The number of nitrogens with zero attached hydrogens (tertiary/aromatic N) is 1. The fourth-order valence-electron chi connectivity index (χ4n) is 2.51. The number of thiophene rings is 2. The lowest BCUT2D eigenvalue weighted by Gasteiger charge is -2.26. The number of amides is 2. The molecule has 2 heterocycles. The van der Waals surface area contributed by atoms with E-state index >= 15 is 0 Å². The summed E-state index contributed by atoms with van der Waals surface area (Å²) in [7, 11) is 0. The number of aliphatic hydroxyl groups is 1. The molecule has 142 valence electrons. The molecule has 0 spiro atoms. The maximum atomic E-state index is 12.3. The first kappa shape index (κ1) is 20.0. The van der Waals surface area contributed by atoms with Gasteiger partial charge in [0.2, 0.25) is 0 Å². The minimum atomic E-state index is -1.44.